The smallest absolute Gasteiger partial charge is 0.263 e. The van der Waals surface area contributed by atoms with Crippen LogP contribution in [0, 0.1) is 6.92 Å². The summed E-state index contributed by atoms with van der Waals surface area (Å²) in [6.07, 6.45) is 3.21. The molecule has 0 saturated carbocycles. The Morgan fingerprint density at radius 2 is 1.88 bits per heavy atom. The molecule has 2 heterocycles. The Balaban J connectivity index is 2.41. The molecular weight excluding hydrogens is 318 g/mol. The van der Waals surface area contributed by atoms with Crippen molar-refractivity contribution in [2.45, 2.75) is 52.5 Å². The van der Waals surface area contributed by atoms with Gasteiger partial charge in [-0.3, -0.25) is 14.4 Å². The van der Waals surface area contributed by atoms with Crippen LogP contribution in [0.3, 0.4) is 0 Å². The lowest BCUT2D eigenvalue weighted by Gasteiger charge is -2.39. The highest BCUT2D eigenvalue weighted by Gasteiger charge is 2.36. The first-order valence-electron chi connectivity index (χ1n) is 9.08. The molecule has 1 unspecified atom stereocenters. The third-order valence-corrected chi connectivity index (χ3v) is 5.13. The minimum Gasteiger partial charge on any atom is -0.342 e. The summed E-state index contributed by atoms with van der Waals surface area (Å²) in [5.74, 6) is -0.360. The molecule has 6 nitrogen and oxygen atoms in total. The van der Waals surface area contributed by atoms with Crippen LogP contribution < -0.4 is 5.56 Å². The van der Waals surface area contributed by atoms with Gasteiger partial charge in [-0.1, -0.05) is 26.7 Å². The summed E-state index contributed by atoms with van der Waals surface area (Å²) < 4.78 is 1.56. The van der Waals surface area contributed by atoms with Gasteiger partial charge in [-0.15, -0.1) is 0 Å². The second-order valence-corrected chi connectivity index (χ2v) is 6.82. The van der Waals surface area contributed by atoms with Gasteiger partial charge in [-0.25, -0.2) is 0 Å². The van der Waals surface area contributed by atoms with E-state index in [4.69, 9.17) is 0 Å². The quantitative estimate of drug-likeness (QED) is 0.815. The lowest BCUT2D eigenvalue weighted by atomic mass is 10.0. The average Bonchev–Trinajstić information content (AvgIpc) is 2.59. The number of pyridine rings is 1. The lowest BCUT2D eigenvalue weighted by Crippen LogP contribution is -2.58. The fraction of sp³-hybridized carbons (Fsp3) is 0.632. The van der Waals surface area contributed by atoms with Crippen LogP contribution in [-0.2, 0) is 18.3 Å². The van der Waals surface area contributed by atoms with Gasteiger partial charge in [-0.05, 0) is 31.4 Å². The molecule has 0 radical (unpaired) electrons. The SMILES string of the molecule is CCCCC1C(=O)N(C)CCN1C(=O)c1cc(C)c(CC)n(C)c1=O. The molecule has 1 aromatic heterocycles. The van der Waals surface area contributed by atoms with Crippen LogP contribution in [0.25, 0.3) is 0 Å². The minimum atomic E-state index is -0.470. The van der Waals surface area contributed by atoms with Gasteiger partial charge < -0.3 is 14.4 Å². The highest BCUT2D eigenvalue weighted by atomic mass is 16.2. The number of rotatable bonds is 5. The molecule has 2 rings (SSSR count). The van der Waals surface area contributed by atoms with Crippen LogP contribution in [0.4, 0.5) is 0 Å². The molecule has 25 heavy (non-hydrogen) atoms. The van der Waals surface area contributed by atoms with Gasteiger partial charge >= 0.3 is 0 Å². The number of hydrogen-bond acceptors (Lipinski definition) is 3. The second-order valence-electron chi connectivity index (χ2n) is 6.82. The Hall–Kier alpha value is -2.11. The summed E-state index contributed by atoms with van der Waals surface area (Å²) in [6, 6.07) is 1.21. The topological polar surface area (TPSA) is 62.6 Å². The minimum absolute atomic E-state index is 0.0354. The number of aryl methyl sites for hydroxylation is 1. The first kappa shape index (κ1) is 19.2. The monoisotopic (exact) mass is 347 g/mol. The van der Waals surface area contributed by atoms with E-state index in [1.54, 1.807) is 34.5 Å². The predicted molar refractivity (Wildman–Crippen MR) is 97.8 cm³/mol. The van der Waals surface area contributed by atoms with Crippen molar-refractivity contribution in [3.63, 3.8) is 0 Å². The van der Waals surface area contributed by atoms with Crippen LogP contribution in [0.15, 0.2) is 10.9 Å². The molecule has 0 N–H and O–H groups in total. The number of piperazine rings is 1. The van der Waals surface area contributed by atoms with E-state index >= 15 is 0 Å². The van der Waals surface area contributed by atoms with E-state index in [1.807, 2.05) is 13.8 Å². The maximum Gasteiger partial charge on any atom is 0.263 e. The number of nitrogens with zero attached hydrogens (tertiary/aromatic N) is 3. The number of amides is 2. The summed E-state index contributed by atoms with van der Waals surface area (Å²) in [5, 5.41) is 0. The van der Waals surface area contributed by atoms with Crippen molar-refractivity contribution in [2.75, 3.05) is 20.1 Å². The van der Waals surface area contributed by atoms with Crippen molar-refractivity contribution in [3.05, 3.63) is 33.2 Å². The number of carbonyl (C=O) groups is 2. The third kappa shape index (κ3) is 3.62. The van der Waals surface area contributed by atoms with E-state index in [9.17, 15) is 14.4 Å². The Bertz CT molecular complexity index is 723. The summed E-state index contributed by atoms with van der Waals surface area (Å²) in [6.45, 7) is 6.93. The summed E-state index contributed by atoms with van der Waals surface area (Å²) in [5.41, 5.74) is 1.74. The number of carbonyl (C=O) groups excluding carboxylic acids is 2. The zero-order valence-electron chi connectivity index (χ0n) is 16.0. The zero-order valence-corrected chi connectivity index (χ0v) is 16.0. The highest BCUT2D eigenvalue weighted by molar-refractivity contribution is 5.98. The van der Waals surface area contributed by atoms with Gasteiger partial charge in [0, 0.05) is 32.9 Å². The lowest BCUT2D eigenvalue weighted by molar-refractivity contribution is -0.138. The Kier molecular flexibility index (Phi) is 6.03. The molecule has 1 aromatic rings. The molecular formula is C19H29N3O3. The Morgan fingerprint density at radius 3 is 2.48 bits per heavy atom. The molecule has 2 amide bonds. The van der Waals surface area contributed by atoms with Gasteiger partial charge in [0.2, 0.25) is 5.91 Å². The third-order valence-electron chi connectivity index (χ3n) is 5.13. The zero-order chi connectivity index (χ0) is 18.7. The van der Waals surface area contributed by atoms with Crippen LogP contribution in [0.2, 0.25) is 0 Å². The molecule has 1 atom stereocenters. The van der Waals surface area contributed by atoms with Crippen LogP contribution >= 0.6 is 0 Å². The number of hydrogen-bond donors (Lipinski definition) is 0. The molecule has 1 aliphatic rings. The van der Waals surface area contributed by atoms with Crippen molar-refractivity contribution in [3.8, 4) is 0 Å². The first-order valence-corrected chi connectivity index (χ1v) is 9.08. The Labute approximate surface area is 149 Å². The standard InChI is InChI=1S/C19H29N3O3/c1-6-8-9-16-19(25)20(4)10-11-22(16)18(24)14-12-13(3)15(7-2)21(5)17(14)23/h12,16H,6-11H2,1-5H3. The number of unbranched alkanes of at least 4 members (excludes halogenated alkanes) is 1. The average molecular weight is 347 g/mol. The molecule has 0 aliphatic carbocycles. The van der Waals surface area contributed by atoms with Crippen molar-refractivity contribution in [1.82, 2.24) is 14.4 Å². The Morgan fingerprint density at radius 1 is 1.20 bits per heavy atom. The van der Waals surface area contributed by atoms with Crippen LogP contribution in [0.5, 0.6) is 0 Å². The van der Waals surface area contributed by atoms with Gasteiger partial charge in [0.15, 0.2) is 0 Å². The van der Waals surface area contributed by atoms with E-state index in [2.05, 4.69) is 6.92 Å². The first-order chi connectivity index (χ1) is 11.8. The largest absolute Gasteiger partial charge is 0.342 e. The van der Waals surface area contributed by atoms with E-state index in [1.165, 1.54) is 0 Å². The summed E-state index contributed by atoms with van der Waals surface area (Å²) >= 11 is 0. The van der Waals surface area contributed by atoms with Crippen molar-refractivity contribution in [2.24, 2.45) is 7.05 Å². The van der Waals surface area contributed by atoms with E-state index in [0.29, 0.717) is 19.5 Å². The summed E-state index contributed by atoms with van der Waals surface area (Å²) in [7, 11) is 3.47. The van der Waals surface area contributed by atoms with Crippen LogP contribution in [0.1, 0.15) is 54.7 Å². The second kappa shape index (κ2) is 7.85. The molecule has 1 fully saturated rings. The highest BCUT2D eigenvalue weighted by Crippen LogP contribution is 2.19. The number of aromatic nitrogens is 1. The van der Waals surface area contributed by atoms with E-state index in [-0.39, 0.29) is 22.9 Å². The molecule has 0 aromatic carbocycles. The molecule has 6 heteroatoms. The number of likely N-dealkylation sites (N-methyl/N-ethyl adjacent to an activating group) is 1. The van der Waals surface area contributed by atoms with Crippen molar-refractivity contribution < 1.29 is 9.59 Å². The van der Waals surface area contributed by atoms with Gasteiger partial charge in [0.05, 0.1) is 0 Å². The van der Waals surface area contributed by atoms with Gasteiger partial charge in [0.1, 0.15) is 11.6 Å². The van der Waals surface area contributed by atoms with E-state index < -0.39 is 6.04 Å². The fourth-order valence-corrected chi connectivity index (χ4v) is 3.58. The molecule has 0 spiro atoms. The van der Waals surface area contributed by atoms with Crippen molar-refractivity contribution in [1.29, 1.82) is 0 Å². The predicted octanol–water partition coefficient (Wildman–Crippen LogP) is 1.73. The molecule has 0 bridgehead atoms. The van der Waals surface area contributed by atoms with E-state index in [0.717, 1.165) is 30.5 Å². The fourth-order valence-electron chi connectivity index (χ4n) is 3.58. The normalized spacial score (nSPS) is 18.0. The maximum absolute atomic E-state index is 13.1. The maximum atomic E-state index is 13.1. The van der Waals surface area contributed by atoms with Crippen LogP contribution in [-0.4, -0.2) is 52.4 Å². The molecule has 1 aliphatic heterocycles. The van der Waals surface area contributed by atoms with Gasteiger partial charge in [0.25, 0.3) is 11.5 Å². The van der Waals surface area contributed by atoms with Crippen molar-refractivity contribution >= 4 is 11.8 Å². The molecule has 138 valence electrons. The van der Waals surface area contributed by atoms with Gasteiger partial charge in [-0.2, -0.15) is 0 Å². The molecule has 1 saturated heterocycles. The summed E-state index contributed by atoms with van der Waals surface area (Å²) in [4.78, 5) is 41.6.